The number of guanidine groups is 1. The zero-order chi connectivity index (χ0) is 15.7. The van der Waals surface area contributed by atoms with Gasteiger partial charge in [0.2, 0.25) is 5.91 Å². The molecule has 2 atom stereocenters. The van der Waals surface area contributed by atoms with Crippen LogP contribution in [0.3, 0.4) is 0 Å². The Bertz CT molecular complexity index is 345. The number of carbonyl (C=O) groups excluding carboxylic acids is 1. The van der Waals surface area contributed by atoms with Gasteiger partial charge in [0.1, 0.15) is 6.54 Å². The highest BCUT2D eigenvalue weighted by atomic mass is 32.2. The lowest BCUT2D eigenvalue weighted by molar-refractivity contribution is -0.127. The maximum absolute atomic E-state index is 11.6. The van der Waals surface area contributed by atoms with E-state index in [-0.39, 0.29) is 12.5 Å². The van der Waals surface area contributed by atoms with Crippen LogP contribution in [0.25, 0.3) is 0 Å². The third-order valence-electron chi connectivity index (χ3n) is 3.58. The quantitative estimate of drug-likeness (QED) is 0.579. The molecule has 6 heteroatoms. The summed E-state index contributed by atoms with van der Waals surface area (Å²) in [4.78, 5) is 17.6. The second kappa shape index (κ2) is 9.92. The number of carbonyl (C=O) groups is 1. The lowest BCUT2D eigenvalue weighted by atomic mass is 9.95. The van der Waals surface area contributed by atoms with Crippen LogP contribution in [0.4, 0.5) is 0 Å². The van der Waals surface area contributed by atoms with Gasteiger partial charge in [-0.25, -0.2) is 4.99 Å². The minimum atomic E-state index is 0.0234. The number of nitrogens with zero attached hydrogens (tertiary/aromatic N) is 2. The summed E-state index contributed by atoms with van der Waals surface area (Å²) in [5, 5.41) is 7.48. The molecule has 1 fully saturated rings. The first-order chi connectivity index (χ1) is 10.1. The lowest BCUT2D eigenvalue weighted by Gasteiger charge is -2.30. The predicted octanol–water partition coefficient (Wildman–Crippen LogP) is 1.69. The summed E-state index contributed by atoms with van der Waals surface area (Å²) in [7, 11) is 3.51. The first-order valence-corrected chi connectivity index (χ1v) is 8.98. The monoisotopic (exact) mass is 314 g/mol. The van der Waals surface area contributed by atoms with E-state index in [1.807, 2.05) is 6.92 Å². The van der Waals surface area contributed by atoms with E-state index in [0.29, 0.717) is 6.04 Å². The van der Waals surface area contributed by atoms with Gasteiger partial charge in [-0.05, 0) is 31.9 Å². The summed E-state index contributed by atoms with van der Waals surface area (Å²) in [5.74, 6) is 1.97. The third kappa shape index (κ3) is 7.07. The molecule has 0 aromatic carbocycles. The van der Waals surface area contributed by atoms with Crippen LogP contribution in [-0.2, 0) is 4.79 Å². The fraction of sp³-hybridized carbons (Fsp3) is 0.867. The molecule has 5 nitrogen and oxygen atoms in total. The van der Waals surface area contributed by atoms with Crippen LogP contribution < -0.4 is 10.6 Å². The Balaban J connectivity index is 2.52. The van der Waals surface area contributed by atoms with Crippen molar-refractivity contribution in [3.63, 3.8) is 0 Å². The van der Waals surface area contributed by atoms with Gasteiger partial charge in [0, 0.05) is 31.9 Å². The highest BCUT2D eigenvalue weighted by molar-refractivity contribution is 7.99. The molecule has 1 saturated carbocycles. The van der Waals surface area contributed by atoms with Crippen LogP contribution >= 0.6 is 11.8 Å². The molecule has 0 spiro atoms. The zero-order valence-electron chi connectivity index (χ0n) is 13.8. The molecule has 0 bridgehead atoms. The Labute approximate surface area is 133 Å². The molecule has 0 aromatic heterocycles. The number of rotatable bonds is 6. The minimum Gasteiger partial charge on any atom is -0.357 e. The normalized spacial score (nSPS) is 22.8. The first kappa shape index (κ1) is 18.1. The second-order valence-electron chi connectivity index (χ2n) is 5.57. The summed E-state index contributed by atoms with van der Waals surface area (Å²) in [5.41, 5.74) is 0. The van der Waals surface area contributed by atoms with Crippen molar-refractivity contribution >= 4 is 23.6 Å². The van der Waals surface area contributed by atoms with Crippen molar-refractivity contribution in [1.82, 2.24) is 15.5 Å². The molecule has 1 amide bonds. The number of amides is 1. The maximum Gasteiger partial charge on any atom is 0.243 e. The van der Waals surface area contributed by atoms with Gasteiger partial charge in [0.05, 0.1) is 0 Å². The van der Waals surface area contributed by atoms with Crippen molar-refractivity contribution in [3.05, 3.63) is 0 Å². The van der Waals surface area contributed by atoms with Crippen LogP contribution in [0, 0.1) is 0 Å². The third-order valence-corrected chi connectivity index (χ3v) is 4.82. The van der Waals surface area contributed by atoms with E-state index in [9.17, 15) is 4.79 Å². The van der Waals surface area contributed by atoms with Crippen LogP contribution in [0.5, 0.6) is 0 Å². The highest BCUT2D eigenvalue weighted by Crippen LogP contribution is 2.28. The van der Waals surface area contributed by atoms with Crippen molar-refractivity contribution in [2.24, 2.45) is 4.99 Å². The first-order valence-electron chi connectivity index (χ1n) is 7.93. The number of hydrogen-bond donors (Lipinski definition) is 2. The fourth-order valence-electron chi connectivity index (χ4n) is 2.46. The predicted molar refractivity (Wildman–Crippen MR) is 92.0 cm³/mol. The van der Waals surface area contributed by atoms with Crippen molar-refractivity contribution in [1.29, 1.82) is 0 Å². The van der Waals surface area contributed by atoms with E-state index in [0.717, 1.165) is 17.8 Å². The molecule has 2 unspecified atom stereocenters. The Morgan fingerprint density at radius 2 is 2.10 bits per heavy atom. The average Bonchev–Trinajstić information content (AvgIpc) is 2.45. The van der Waals surface area contributed by atoms with Crippen molar-refractivity contribution < 1.29 is 4.79 Å². The molecule has 21 heavy (non-hydrogen) atoms. The van der Waals surface area contributed by atoms with Crippen LogP contribution in [0.15, 0.2) is 4.99 Å². The maximum atomic E-state index is 11.6. The number of likely N-dealkylation sites (N-methyl/N-ethyl adjacent to an activating group) is 1. The highest BCUT2D eigenvalue weighted by Gasteiger charge is 2.22. The Morgan fingerprint density at radius 1 is 1.33 bits per heavy atom. The SMILES string of the molecule is CCNC(=NCC(=O)N(C)C)NC1CCCC(SCC)C1. The molecular formula is C15H30N4OS. The number of thioether (sulfide) groups is 1. The van der Waals surface area contributed by atoms with Crippen molar-refractivity contribution in [3.8, 4) is 0 Å². The topological polar surface area (TPSA) is 56.7 Å². The van der Waals surface area contributed by atoms with Gasteiger partial charge in [-0.3, -0.25) is 4.79 Å². The molecule has 122 valence electrons. The Kier molecular flexibility index (Phi) is 8.57. The zero-order valence-corrected chi connectivity index (χ0v) is 14.6. The van der Waals surface area contributed by atoms with E-state index in [1.54, 1.807) is 19.0 Å². The Hall–Kier alpha value is -0.910. The summed E-state index contributed by atoms with van der Waals surface area (Å²) in [6.07, 6.45) is 4.96. The second-order valence-corrected chi connectivity index (χ2v) is 7.15. The molecule has 2 N–H and O–H groups in total. The van der Waals surface area contributed by atoms with Gasteiger partial charge < -0.3 is 15.5 Å². The standard InChI is InChI=1S/C15H30N4OS/c1-5-16-15(17-11-14(20)19(3)4)18-12-8-7-9-13(10-12)21-6-2/h12-13H,5-11H2,1-4H3,(H2,16,17,18). The van der Waals surface area contributed by atoms with Gasteiger partial charge in [-0.2, -0.15) is 11.8 Å². The van der Waals surface area contributed by atoms with Gasteiger partial charge in [0.15, 0.2) is 5.96 Å². The minimum absolute atomic E-state index is 0.0234. The van der Waals surface area contributed by atoms with E-state index in [1.165, 1.54) is 31.4 Å². The number of hydrogen-bond acceptors (Lipinski definition) is 3. The van der Waals surface area contributed by atoms with E-state index < -0.39 is 0 Å². The summed E-state index contributed by atoms with van der Waals surface area (Å²) < 4.78 is 0. The van der Waals surface area contributed by atoms with Crippen LogP contribution in [0.2, 0.25) is 0 Å². The molecule has 0 radical (unpaired) electrons. The van der Waals surface area contributed by atoms with E-state index >= 15 is 0 Å². The molecule has 0 heterocycles. The van der Waals surface area contributed by atoms with E-state index in [2.05, 4.69) is 34.3 Å². The molecule has 1 rings (SSSR count). The summed E-state index contributed by atoms with van der Waals surface area (Å²) in [6.45, 7) is 5.27. The average molecular weight is 314 g/mol. The Morgan fingerprint density at radius 3 is 2.71 bits per heavy atom. The molecule has 0 saturated heterocycles. The molecular weight excluding hydrogens is 284 g/mol. The van der Waals surface area contributed by atoms with Gasteiger partial charge in [-0.15, -0.1) is 0 Å². The summed E-state index contributed by atoms with van der Waals surface area (Å²) >= 11 is 2.06. The van der Waals surface area contributed by atoms with Crippen LogP contribution in [-0.4, -0.2) is 61.0 Å². The lowest BCUT2D eigenvalue weighted by Crippen LogP contribution is -2.46. The van der Waals surface area contributed by atoms with Gasteiger partial charge in [0.25, 0.3) is 0 Å². The summed E-state index contributed by atoms with van der Waals surface area (Å²) in [6, 6.07) is 0.468. The van der Waals surface area contributed by atoms with Crippen molar-refractivity contribution in [2.75, 3.05) is 32.9 Å². The smallest absolute Gasteiger partial charge is 0.243 e. The largest absolute Gasteiger partial charge is 0.357 e. The van der Waals surface area contributed by atoms with E-state index in [4.69, 9.17) is 0 Å². The molecule has 0 aliphatic heterocycles. The number of nitrogens with one attached hydrogen (secondary N) is 2. The van der Waals surface area contributed by atoms with Gasteiger partial charge in [-0.1, -0.05) is 13.3 Å². The fourth-order valence-corrected chi connectivity index (χ4v) is 3.64. The molecule has 0 aromatic rings. The van der Waals surface area contributed by atoms with Crippen LogP contribution in [0.1, 0.15) is 39.5 Å². The van der Waals surface area contributed by atoms with Gasteiger partial charge >= 0.3 is 0 Å². The molecule has 1 aliphatic rings. The van der Waals surface area contributed by atoms with Crippen molar-refractivity contribution in [2.45, 2.75) is 50.8 Å². The number of aliphatic imine (C=N–C) groups is 1. The molecule has 1 aliphatic carbocycles.